The van der Waals surface area contributed by atoms with Gasteiger partial charge in [-0.1, -0.05) is 39.2 Å². The van der Waals surface area contributed by atoms with Crippen LogP contribution in [0.1, 0.15) is 99.0 Å². The van der Waals surface area contributed by atoms with E-state index in [9.17, 15) is 19.2 Å². The van der Waals surface area contributed by atoms with Gasteiger partial charge in [0, 0.05) is 0 Å². The van der Waals surface area contributed by atoms with Gasteiger partial charge in [-0.3, -0.25) is 9.59 Å². The molecule has 0 saturated heterocycles. The molecule has 0 amide bonds. The van der Waals surface area contributed by atoms with Crippen molar-refractivity contribution in [3.05, 3.63) is 23.8 Å². The Labute approximate surface area is 248 Å². The number of benzene rings is 1. The fraction of sp³-hybridized carbons (Fsp3) is 0.677. The third kappa shape index (κ3) is 11.9. The highest BCUT2D eigenvalue weighted by atomic mass is 16.8. The Morgan fingerprint density at radius 2 is 1.43 bits per heavy atom. The fourth-order valence-electron chi connectivity index (χ4n) is 3.97. The fourth-order valence-corrected chi connectivity index (χ4v) is 3.97. The molecule has 1 aliphatic rings. The first-order valence-electron chi connectivity index (χ1n) is 14.7. The minimum absolute atomic E-state index is 0.0224. The summed E-state index contributed by atoms with van der Waals surface area (Å²) in [5, 5.41) is 0. The molecule has 0 bridgehead atoms. The van der Waals surface area contributed by atoms with E-state index in [0.717, 1.165) is 32.1 Å². The Bertz CT molecular complexity index is 1080. The first-order chi connectivity index (χ1) is 19.6. The third-order valence-electron chi connectivity index (χ3n) is 7.29. The van der Waals surface area contributed by atoms with E-state index in [4.69, 9.17) is 34.2 Å². The van der Waals surface area contributed by atoms with Gasteiger partial charge in [0.15, 0.2) is 11.5 Å². The van der Waals surface area contributed by atoms with Crippen molar-refractivity contribution < 1.29 is 47.6 Å². The van der Waals surface area contributed by atoms with Crippen LogP contribution in [0.4, 0.5) is 9.59 Å². The maximum absolute atomic E-state index is 12.6. The Hall–Kier alpha value is -3.34. The zero-order chi connectivity index (χ0) is 31.5. The molecule has 11 heteroatoms. The van der Waals surface area contributed by atoms with Gasteiger partial charge in [-0.15, -0.1) is 0 Å². The average molecular weight is 594 g/mol. The summed E-state index contributed by atoms with van der Waals surface area (Å²) in [6, 6.07) is 3.35. The van der Waals surface area contributed by atoms with Crippen LogP contribution in [-0.4, -0.2) is 54.2 Å². The van der Waals surface area contributed by atoms with Gasteiger partial charge in [0.1, 0.15) is 30.0 Å². The Morgan fingerprint density at radius 3 is 1.98 bits per heavy atom. The highest BCUT2D eigenvalue weighted by Gasteiger charge is 2.28. The van der Waals surface area contributed by atoms with Crippen molar-refractivity contribution in [1.82, 2.24) is 0 Å². The van der Waals surface area contributed by atoms with Crippen LogP contribution in [0.25, 0.3) is 0 Å². The zero-order valence-electron chi connectivity index (χ0n) is 26.0. The second kappa shape index (κ2) is 15.8. The summed E-state index contributed by atoms with van der Waals surface area (Å²) < 4.78 is 32.2. The smallest absolute Gasteiger partial charge is 0.461 e. The van der Waals surface area contributed by atoms with E-state index in [1.54, 1.807) is 40.7 Å². The van der Waals surface area contributed by atoms with Gasteiger partial charge in [-0.05, 0) is 84.4 Å². The van der Waals surface area contributed by atoms with Gasteiger partial charge in [-0.25, -0.2) is 9.59 Å². The highest BCUT2D eigenvalue weighted by molar-refractivity contribution is 5.76. The summed E-state index contributed by atoms with van der Waals surface area (Å²) >= 11 is 0. The monoisotopic (exact) mass is 593 g/mol. The van der Waals surface area contributed by atoms with Crippen molar-refractivity contribution in [3.63, 3.8) is 0 Å². The van der Waals surface area contributed by atoms with E-state index in [2.05, 4.69) is 0 Å². The molecule has 0 unspecified atom stereocenters. The van der Waals surface area contributed by atoms with E-state index in [1.807, 2.05) is 13.8 Å². The van der Waals surface area contributed by atoms with Crippen LogP contribution in [0.15, 0.2) is 18.2 Å². The predicted octanol–water partition coefficient (Wildman–Crippen LogP) is 6.02. The van der Waals surface area contributed by atoms with Crippen LogP contribution in [0.5, 0.6) is 11.5 Å². The number of rotatable bonds is 13. The summed E-state index contributed by atoms with van der Waals surface area (Å²) in [6.45, 7) is 12.2. The van der Waals surface area contributed by atoms with Gasteiger partial charge in [-0.2, -0.15) is 0 Å². The molecule has 1 aromatic carbocycles. The van der Waals surface area contributed by atoms with Crippen LogP contribution in [0.2, 0.25) is 0 Å². The van der Waals surface area contributed by atoms with E-state index in [-0.39, 0.29) is 36.4 Å². The molecule has 1 aromatic rings. The summed E-state index contributed by atoms with van der Waals surface area (Å²) in [5.74, 6) is -1.24. The highest BCUT2D eigenvalue weighted by Crippen LogP contribution is 2.31. The number of nitrogens with two attached hydrogens (primary N) is 1. The molecular weight excluding hydrogens is 546 g/mol. The minimum Gasteiger partial charge on any atom is -0.461 e. The lowest BCUT2D eigenvalue weighted by atomic mass is 9.89. The third-order valence-corrected chi connectivity index (χ3v) is 7.29. The minimum atomic E-state index is -1.06. The Kier molecular flexibility index (Phi) is 13.1. The first-order valence-corrected chi connectivity index (χ1v) is 14.7. The SMILES string of the molecule is CCC(C)(C)OC(=O)Oc1ccc(C[C@H](N)C(=O)OC[C@H](C)OC(=O)C2CCCCC2)cc1OC(=O)OC(C)(C)CC. The number of carbonyl (C=O) groups is 4. The number of ether oxygens (including phenoxy) is 6. The average Bonchev–Trinajstić information content (AvgIpc) is 2.92. The van der Waals surface area contributed by atoms with Crippen molar-refractivity contribution in [2.24, 2.45) is 11.7 Å². The van der Waals surface area contributed by atoms with Gasteiger partial charge < -0.3 is 34.2 Å². The Balaban J connectivity index is 2.05. The topological polar surface area (TPSA) is 150 Å². The molecule has 0 heterocycles. The quantitative estimate of drug-likeness (QED) is 0.162. The van der Waals surface area contributed by atoms with Crippen LogP contribution in [0, 0.1) is 5.92 Å². The first kappa shape index (κ1) is 34.9. The maximum atomic E-state index is 12.6. The van der Waals surface area contributed by atoms with Gasteiger partial charge in [0.2, 0.25) is 0 Å². The standard InChI is InChI=1S/C31H47NO10/c1-8-30(4,5)41-28(35)39-24-16-15-21(18-25(24)40-29(36)42-31(6,7)9-2)17-23(32)27(34)37-19-20(3)38-26(33)22-13-11-10-12-14-22/h15-16,18,20,22-23H,8-14,17,19,32H2,1-7H3/t20-,23-/m0/s1. The number of hydrogen-bond acceptors (Lipinski definition) is 11. The lowest BCUT2D eigenvalue weighted by Crippen LogP contribution is -2.36. The molecule has 0 radical (unpaired) electrons. The number of hydrogen-bond donors (Lipinski definition) is 1. The second-order valence-electron chi connectivity index (χ2n) is 11.9. The van der Waals surface area contributed by atoms with Gasteiger partial charge in [0.05, 0.1) is 5.92 Å². The van der Waals surface area contributed by atoms with Crippen molar-refractivity contribution in [2.45, 2.75) is 123 Å². The summed E-state index contributed by atoms with van der Waals surface area (Å²) in [5.41, 5.74) is 5.05. The van der Waals surface area contributed by atoms with E-state index < -0.39 is 41.6 Å². The van der Waals surface area contributed by atoms with Crippen LogP contribution in [-0.2, 0) is 35.0 Å². The van der Waals surface area contributed by atoms with Crippen LogP contribution < -0.4 is 15.2 Å². The van der Waals surface area contributed by atoms with Crippen LogP contribution in [0.3, 0.4) is 0 Å². The molecule has 0 spiro atoms. The molecule has 2 N–H and O–H groups in total. The van der Waals surface area contributed by atoms with Crippen LogP contribution >= 0.6 is 0 Å². The summed E-state index contributed by atoms with van der Waals surface area (Å²) in [4.78, 5) is 49.8. The largest absolute Gasteiger partial charge is 0.514 e. The van der Waals surface area contributed by atoms with Gasteiger partial charge in [0.25, 0.3) is 0 Å². The molecule has 0 aliphatic heterocycles. The van der Waals surface area contributed by atoms with Crippen molar-refractivity contribution >= 4 is 24.2 Å². The molecule has 1 saturated carbocycles. The molecule has 1 aliphatic carbocycles. The summed E-state index contributed by atoms with van der Waals surface area (Å²) in [6.07, 6.45) is 3.33. The zero-order valence-corrected chi connectivity index (χ0v) is 26.0. The van der Waals surface area contributed by atoms with E-state index in [0.29, 0.717) is 18.4 Å². The Morgan fingerprint density at radius 1 is 0.881 bits per heavy atom. The molecular formula is C31H47NO10. The predicted molar refractivity (Wildman–Crippen MR) is 154 cm³/mol. The molecule has 11 nitrogen and oxygen atoms in total. The molecule has 42 heavy (non-hydrogen) atoms. The molecule has 236 valence electrons. The molecule has 2 atom stereocenters. The van der Waals surface area contributed by atoms with Crippen molar-refractivity contribution in [3.8, 4) is 11.5 Å². The second-order valence-corrected chi connectivity index (χ2v) is 11.9. The number of esters is 2. The maximum Gasteiger partial charge on any atom is 0.514 e. The number of carbonyl (C=O) groups excluding carboxylic acids is 4. The van der Waals surface area contributed by atoms with Gasteiger partial charge >= 0.3 is 24.2 Å². The normalized spacial score (nSPS) is 15.6. The molecule has 2 rings (SSSR count). The summed E-state index contributed by atoms with van der Waals surface area (Å²) in [7, 11) is 0. The van der Waals surface area contributed by atoms with E-state index >= 15 is 0 Å². The lowest BCUT2D eigenvalue weighted by Gasteiger charge is -2.24. The lowest BCUT2D eigenvalue weighted by molar-refractivity contribution is -0.162. The molecule has 1 fully saturated rings. The van der Waals surface area contributed by atoms with E-state index in [1.165, 1.54) is 12.1 Å². The van der Waals surface area contributed by atoms with Crippen molar-refractivity contribution in [2.75, 3.05) is 6.61 Å². The molecule has 0 aromatic heterocycles. The van der Waals surface area contributed by atoms with Crippen molar-refractivity contribution in [1.29, 1.82) is 0 Å².